The third-order valence-electron chi connectivity index (χ3n) is 9.95. The van der Waals surface area contributed by atoms with Gasteiger partial charge in [0, 0.05) is 12.8 Å². The van der Waals surface area contributed by atoms with Crippen LogP contribution in [-0.4, -0.2) is 110 Å². The van der Waals surface area contributed by atoms with Crippen LogP contribution in [0.4, 0.5) is 0 Å². The van der Waals surface area contributed by atoms with Gasteiger partial charge < -0.3 is 45.0 Å². The van der Waals surface area contributed by atoms with Crippen molar-refractivity contribution in [2.45, 2.75) is 185 Å². The summed E-state index contributed by atoms with van der Waals surface area (Å²) in [7, 11) is -5.16. The number of aliphatic hydroxyl groups excluding tert-OH is 6. The highest BCUT2D eigenvalue weighted by atomic mass is 31.2. The van der Waals surface area contributed by atoms with Crippen LogP contribution in [0.1, 0.15) is 136 Å². The SMILES string of the molecule is CCCCC/C=C\C/C=C\C/C=C\C/C=C\CCCC(=O)O[C@H](COC(=O)CCC/C=C\C/C=C\C/C=C\C/C=C\CC(O)CCC)COP(=O)(O)OC1[C@H](O)[C@H](O)C(O)[C@H](O)[C@H]1O. The minimum Gasteiger partial charge on any atom is -0.462 e. The average molecular weight is 923 g/mol. The van der Waals surface area contributed by atoms with Gasteiger partial charge in [0.05, 0.1) is 12.7 Å². The molecule has 1 saturated carbocycles. The van der Waals surface area contributed by atoms with E-state index in [9.17, 15) is 49.7 Å². The van der Waals surface area contributed by atoms with Gasteiger partial charge in [0.2, 0.25) is 0 Å². The second-order valence-corrected chi connectivity index (χ2v) is 17.1. The zero-order chi connectivity index (χ0) is 47.3. The molecule has 1 rings (SSSR count). The molecule has 14 nitrogen and oxygen atoms in total. The normalized spacial score (nSPS) is 23.0. The molecule has 0 saturated heterocycles. The number of hydrogen-bond donors (Lipinski definition) is 7. The quantitative estimate of drug-likeness (QED) is 0.0137. The summed E-state index contributed by atoms with van der Waals surface area (Å²) in [5.74, 6) is -1.26. The zero-order valence-electron chi connectivity index (χ0n) is 38.1. The van der Waals surface area contributed by atoms with E-state index in [4.69, 9.17) is 18.5 Å². The van der Waals surface area contributed by atoms with Gasteiger partial charge in [-0.05, 0) is 89.9 Å². The summed E-state index contributed by atoms with van der Waals surface area (Å²) in [4.78, 5) is 35.7. The predicted octanol–water partition coefficient (Wildman–Crippen LogP) is 8.02. The van der Waals surface area contributed by atoms with Crippen LogP contribution in [0.5, 0.6) is 0 Å². The van der Waals surface area contributed by atoms with E-state index in [1.807, 2.05) is 30.4 Å². The Hall–Kier alpha value is -3.27. The van der Waals surface area contributed by atoms with Gasteiger partial charge in [-0.1, -0.05) is 130 Å². The van der Waals surface area contributed by atoms with Crippen molar-refractivity contribution in [2.24, 2.45) is 0 Å². The fourth-order valence-electron chi connectivity index (χ4n) is 6.23. The molecule has 64 heavy (non-hydrogen) atoms. The molecule has 9 atom stereocenters. The molecule has 1 aliphatic carbocycles. The Morgan fingerprint density at radius 1 is 0.547 bits per heavy atom. The lowest BCUT2D eigenvalue weighted by atomic mass is 9.85. The van der Waals surface area contributed by atoms with Crippen LogP contribution in [0.2, 0.25) is 0 Å². The first-order chi connectivity index (χ1) is 30.8. The van der Waals surface area contributed by atoms with Crippen molar-refractivity contribution in [1.29, 1.82) is 0 Å². The monoisotopic (exact) mass is 923 g/mol. The molecule has 1 fully saturated rings. The number of allylic oxidation sites excluding steroid dienone is 15. The third kappa shape index (κ3) is 30.0. The lowest BCUT2D eigenvalue weighted by Crippen LogP contribution is -2.64. The number of unbranched alkanes of at least 4 members (excludes halogenated alkanes) is 5. The van der Waals surface area contributed by atoms with E-state index in [0.717, 1.165) is 57.8 Å². The van der Waals surface area contributed by atoms with Crippen molar-refractivity contribution in [3.63, 3.8) is 0 Å². The molecule has 0 radical (unpaired) electrons. The van der Waals surface area contributed by atoms with Crippen molar-refractivity contribution in [1.82, 2.24) is 0 Å². The molecule has 0 heterocycles. The fraction of sp³-hybridized carbons (Fsp3) is 0.633. The number of carbonyl (C=O) groups excluding carboxylic acids is 2. The number of carbonyl (C=O) groups is 2. The molecule has 0 aliphatic heterocycles. The summed E-state index contributed by atoms with van der Waals surface area (Å²) in [5, 5.41) is 59.9. The predicted molar refractivity (Wildman–Crippen MR) is 250 cm³/mol. The molecule has 4 unspecified atom stereocenters. The highest BCUT2D eigenvalue weighted by Crippen LogP contribution is 2.47. The summed E-state index contributed by atoms with van der Waals surface area (Å²) in [6.07, 6.45) is 33.9. The number of rotatable bonds is 36. The van der Waals surface area contributed by atoms with E-state index in [2.05, 4.69) is 80.7 Å². The molecule has 15 heteroatoms. The summed E-state index contributed by atoms with van der Waals surface area (Å²) in [5.41, 5.74) is 0. The van der Waals surface area contributed by atoms with E-state index in [1.165, 1.54) is 19.3 Å². The van der Waals surface area contributed by atoms with Crippen molar-refractivity contribution in [3.8, 4) is 0 Å². The molecule has 0 aromatic carbocycles. The summed E-state index contributed by atoms with van der Waals surface area (Å²) in [6, 6.07) is 0. The van der Waals surface area contributed by atoms with Crippen LogP contribution >= 0.6 is 7.82 Å². The molecular formula is C49H79O14P. The molecular weight excluding hydrogens is 843 g/mol. The van der Waals surface area contributed by atoms with Crippen molar-refractivity contribution in [3.05, 3.63) is 97.2 Å². The average Bonchev–Trinajstić information content (AvgIpc) is 3.27. The van der Waals surface area contributed by atoms with Crippen molar-refractivity contribution < 1.29 is 68.2 Å². The Bertz CT molecular complexity index is 1500. The van der Waals surface area contributed by atoms with Gasteiger partial charge in [-0.2, -0.15) is 0 Å². The summed E-state index contributed by atoms with van der Waals surface area (Å²) in [6.45, 7) is 2.96. The molecule has 0 aromatic rings. The molecule has 0 spiro atoms. The first-order valence-electron chi connectivity index (χ1n) is 23.1. The Balaban J connectivity index is 2.56. The van der Waals surface area contributed by atoms with Gasteiger partial charge in [0.25, 0.3) is 0 Å². The van der Waals surface area contributed by atoms with E-state index >= 15 is 0 Å². The highest BCUT2D eigenvalue weighted by molar-refractivity contribution is 7.47. The van der Waals surface area contributed by atoms with Crippen LogP contribution in [0.15, 0.2) is 97.2 Å². The fourth-order valence-corrected chi connectivity index (χ4v) is 7.20. The van der Waals surface area contributed by atoms with E-state index in [-0.39, 0.29) is 18.9 Å². The standard InChI is InChI=1S/C49H79O14P/c1-3-5-6-7-8-9-10-11-12-13-14-17-21-24-27-30-33-37-43(52)62-41(39-61-64(58,59)63-49-47(56)45(54)44(53)46(55)48(49)57)38-60-42(51)36-32-29-26-23-20-18-15-16-19-22-25-28-31-35-40(50)34-4-2/h8-9,11-12,14-15,17-19,22-24,26-28,31,40-41,44-50,53-57H,3-7,10,13,16,20-21,25,29-30,32-39H2,1-2H3,(H,58,59)/b9-8-,12-11-,17-14-,18-15-,22-19-,26-23-,27-24-,31-28-/t40?,41-,44?,45-,46+,47-,48-,49?/m1/s1. The molecule has 364 valence electrons. The van der Waals surface area contributed by atoms with Crippen LogP contribution in [-0.2, 0) is 32.7 Å². The Morgan fingerprint density at radius 2 is 0.969 bits per heavy atom. The lowest BCUT2D eigenvalue weighted by Gasteiger charge is -2.41. The molecule has 0 bridgehead atoms. The van der Waals surface area contributed by atoms with E-state index < -0.39 is 75.7 Å². The topological polar surface area (TPSA) is 230 Å². The number of phosphoric ester groups is 1. The molecule has 0 aromatic heterocycles. The second-order valence-electron chi connectivity index (χ2n) is 15.7. The van der Waals surface area contributed by atoms with Crippen LogP contribution in [0, 0.1) is 0 Å². The maximum Gasteiger partial charge on any atom is 0.472 e. The van der Waals surface area contributed by atoms with Gasteiger partial charge in [-0.25, -0.2) is 4.57 Å². The van der Waals surface area contributed by atoms with Crippen molar-refractivity contribution >= 4 is 19.8 Å². The molecule has 7 N–H and O–H groups in total. The number of ether oxygens (including phenoxy) is 2. The number of hydrogen-bond acceptors (Lipinski definition) is 13. The third-order valence-corrected chi connectivity index (χ3v) is 10.9. The first-order valence-corrected chi connectivity index (χ1v) is 24.6. The second kappa shape index (κ2) is 37.9. The Labute approximate surface area is 382 Å². The lowest BCUT2D eigenvalue weighted by molar-refractivity contribution is -0.220. The zero-order valence-corrected chi connectivity index (χ0v) is 39.0. The van der Waals surface area contributed by atoms with Gasteiger partial charge in [0.15, 0.2) is 6.10 Å². The van der Waals surface area contributed by atoms with Gasteiger partial charge in [-0.3, -0.25) is 18.6 Å². The van der Waals surface area contributed by atoms with E-state index in [0.29, 0.717) is 32.1 Å². The Morgan fingerprint density at radius 3 is 1.44 bits per heavy atom. The summed E-state index contributed by atoms with van der Waals surface area (Å²) >= 11 is 0. The number of esters is 2. The van der Waals surface area contributed by atoms with Crippen LogP contribution < -0.4 is 0 Å². The highest BCUT2D eigenvalue weighted by Gasteiger charge is 2.51. The maximum absolute atomic E-state index is 12.8. The molecule has 1 aliphatic rings. The number of aliphatic hydroxyl groups is 6. The van der Waals surface area contributed by atoms with Gasteiger partial charge in [0.1, 0.15) is 43.2 Å². The van der Waals surface area contributed by atoms with Gasteiger partial charge in [-0.15, -0.1) is 0 Å². The minimum atomic E-state index is -5.16. The van der Waals surface area contributed by atoms with Crippen LogP contribution in [0.3, 0.4) is 0 Å². The molecule has 0 amide bonds. The summed E-state index contributed by atoms with van der Waals surface area (Å²) < 4.78 is 33.4. The first kappa shape index (κ1) is 58.7. The van der Waals surface area contributed by atoms with Crippen LogP contribution in [0.25, 0.3) is 0 Å². The minimum absolute atomic E-state index is 0.00413. The maximum atomic E-state index is 12.8. The smallest absolute Gasteiger partial charge is 0.462 e. The van der Waals surface area contributed by atoms with Gasteiger partial charge >= 0.3 is 19.8 Å². The Kier molecular flexibility index (Phi) is 34.8. The van der Waals surface area contributed by atoms with Crippen molar-refractivity contribution in [2.75, 3.05) is 13.2 Å². The largest absolute Gasteiger partial charge is 0.472 e. The van der Waals surface area contributed by atoms with E-state index in [1.54, 1.807) is 0 Å². The number of phosphoric acid groups is 1.